The lowest BCUT2D eigenvalue weighted by molar-refractivity contribution is -0.119. The van der Waals surface area contributed by atoms with Crippen molar-refractivity contribution in [2.75, 3.05) is 34.4 Å². The van der Waals surface area contributed by atoms with Gasteiger partial charge in [-0.15, -0.1) is 5.10 Å². The number of pyridine rings is 2. The van der Waals surface area contributed by atoms with Crippen molar-refractivity contribution in [3.8, 4) is 45.5 Å². The molecule has 300 valence electrons. The Labute approximate surface area is 337 Å². The van der Waals surface area contributed by atoms with Gasteiger partial charge in [-0.2, -0.15) is 0 Å². The van der Waals surface area contributed by atoms with Gasteiger partial charge in [0.15, 0.2) is 0 Å². The smallest absolute Gasteiger partial charge is 0.410 e. The van der Waals surface area contributed by atoms with E-state index in [0.717, 1.165) is 0 Å². The Morgan fingerprint density at radius 1 is 1.04 bits per heavy atom. The summed E-state index contributed by atoms with van der Waals surface area (Å²) in [6.07, 6.45) is 2.47. The Hall–Kier alpha value is -5.87. The number of nitrogens with one attached hydrogen (secondary N) is 1. The van der Waals surface area contributed by atoms with Gasteiger partial charge in [0, 0.05) is 79.4 Å². The number of ether oxygens (including phenoxy) is 3. The topological polar surface area (TPSA) is 183 Å². The van der Waals surface area contributed by atoms with Crippen molar-refractivity contribution in [2.24, 2.45) is 0 Å². The lowest BCUT2D eigenvalue weighted by Crippen LogP contribution is -2.41. The summed E-state index contributed by atoms with van der Waals surface area (Å²) in [6, 6.07) is 12.0. The molecule has 3 amide bonds. The summed E-state index contributed by atoms with van der Waals surface area (Å²) in [5.41, 5.74) is 2.78. The van der Waals surface area contributed by atoms with Crippen LogP contribution in [0, 0.1) is 0 Å². The molecule has 0 radical (unpaired) electrons. The third kappa shape index (κ3) is 8.92. The zero-order valence-corrected chi connectivity index (χ0v) is 33.7. The molecule has 16 nitrogen and oxygen atoms in total. The zero-order valence-electron chi connectivity index (χ0n) is 32.2. The molecule has 0 spiro atoms. The fourth-order valence-corrected chi connectivity index (χ4v) is 7.08. The summed E-state index contributed by atoms with van der Waals surface area (Å²) in [5, 5.41) is 17.8. The van der Waals surface area contributed by atoms with Crippen molar-refractivity contribution in [2.45, 2.75) is 58.3 Å². The van der Waals surface area contributed by atoms with E-state index in [0.29, 0.717) is 57.1 Å². The predicted octanol–water partition coefficient (Wildman–Crippen LogP) is 6.24. The first-order valence-electron chi connectivity index (χ1n) is 17.9. The highest BCUT2D eigenvalue weighted by Crippen LogP contribution is 2.42. The third-order valence-corrected chi connectivity index (χ3v) is 10.0. The summed E-state index contributed by atoms with van der Waals surface area (Å²) in [4.78, 5) is 61.8. The van der Waals surface area contributed by atoms with Crippen LogP contribution in [0.5, 0.6) is 11.9 Å². The monoisotopic (exact) mass is 820 g/mol. The molecule has 5 aromatic rings. The number of rotatable bonds is 12. The maximum absolute atomic E-state index is 13.7. The van der Waals surface area contributed by atoms with E-state index in [1.54, 1.807) is 70.5 Å². The Morgan fingerprint density at radius 3 is 2.44 bits per heavy atom. The normalized spacial score (nSPS) is 14.0. The van der Waals surface area contributed by atoms with Gasteiger partial charge in [0.05, 0.1) is 42.2 Å². The molecule has 57 heavy (non-hydrogen) atoms. The van der Waals surface area contributed by atoms with Crippen molar-refractivity contribution >= 4 is 46.8 Å². The van der Waals surface area contributed by atoms with Gasteiger partial charge < -0.3 is 34.4 Å². The first kappa shape index (κ1) is 40.8. The molecule has 5 heterocycles. The number of hydrogen-bond donors (Lipinski definition) is 2. The summed E-state index contributed by atoms with van der Waals surface area (Å²) < 4.78 is 19.2. The SMILES string of the molecule is COc1nc(-c2cccc(-c3ccnc(-c4cc5c(=O)n(CCN(C)C(=O)OC(C)(C)C)c(OC)nn5c4)c3Cl)c2Cl)ccc1CN(C[C@@H]1CCC(=O)N1)C(=O)O. The number of fused-ring (bicyclic) bond motifs is 1. The molecule has 1 fully saturated rings. The molecule has 4 aromatic heterocycles. The van der Waals surface area contributed by atoms with E-state index in [1.807, 2.05) is 12.1 Å². The number of likely N-dealkylation sites (N-methyl/N-ethyl adjacent to an activating group) is 1. The first-order chi connectivity index (χ1) is 27.1. The van der Waals surface area contributed by atoms with Crippen LogP contribution in [0.15, 0.2) is 59.7 Å². The van der Waals surface area contributed by atoms with Crippen molar-refractivity contribution in [3.63, 3.8) is 0 Å². The number of carboxylic acid groups (broad SMARTS) is 1. The lowest BCUT2D eigenvalue weighted by atomic mass is 10.00. The van der Waals surface area contributed by atoms with Gasteiger partial charge in [-0.05, 0) is 51.5 Å². The Balaban J connectivity index is 1.28. The van der Waals surface area contributed by atoms with E-state index in [4.69, 9.17) is 37.4 Å². The van der Waals surface area contributed by atoms with Crippen LogP contribution in [0.25, 0.3) is 39.2 Å². The minimum atomic E-state index is -1.13. The van der Waals surface area contributed by atoms with Crippen molar-refractivity contribution in [1.29, 1.82) is 0 Å². The van der Waals surface area contributed by atoms with Crippen molar-refractivity contribution < 1.29 is 33.7 Å². The molecule has 1 aliphatic rings. The molecular weight excluding hydrogens is 779 g/mol. The number of amides is 3. The maximum atomic E-state index is 13.7. The molecule has 0 aliphatic carbocycles. The van der Waals surface area contributed by atoms with Gasteiger partial charge in [-0.25, -0.2) is 19.1 Å². The number of carbonyl (C=O) groups excluding carboxylic acids is 2. The van der Waals surface area contributed by atoms with Crippen LogP contribution >= 0.6 is 23.2 Å². The average molecular weight is 822 g/mol. The number of benzene rings is 1. The molecular formula is C39H42Cl2N8O8. The minimum absolute atomic E-state index is 0.00205. The Morgan fingerprint density at radius 2 is 1.77 bits per heavy atom. The average Bonchev–Trinajstić information content (AvgIpc) is 3.79. The van der Waals surface area contributed by atoms with Crippen LogP contribution in [-0.4, -0.2) is 103 Å². The number of methoxy groups -OCH3 is 2. The Bertz CT molecular complexity index is 2410. The third-order valence-electron chi connectivity index (χ3n) is 9.25. The van der Waals surface area contributed by atoms with Gasteiger partial charge in [0.1, 0.15) is 11.1 Å². The molecule has 6 rings (SSSR count). The van der Waals surface area contributed by atoms with E-state index in [9.17, 15) is 24.3 Å². The number of nitrogens with zero attached hydrogens (tertiary/aromatic N) is 7. The zero-order chi connectivity index (χ0) is 41.2. The van der Waals surface area contributed by atoms with Gasteiger partial charge in [-0.1, -0.05) is 41.4 Å². The van der Waals surface area contributed by atoms with Crippen molar-refractivity contribution in [1.82, 2.24) is 39.3 Å². The maximum Gasteiger partial charge on any atom is 0.410 e. The standard InChI is InChI=1S/C39H42Cl2N8O8/c1-39(2,3)57-38(54)46(4)16-17-48-35(51)29-18-23(20-49(29)45-36(48)56-6)33-32(41)26(14-15-42-33)25-8-7-9-27(31(25)40)28-12-10-22(34(44-28)55-5)19-47(37(52)53)21-24-11-13-30(50)43-24/h7-10,12,14-15,18,20,24H,11,13,16-17,19,21H2,1-6H3,(H,43,50)(H,52,53)/t24-/m0/s1. The first-order valence-corrected chi connectivity index (χ1v) is 18.7. The second-order valence-corrected chi connectivity index (χ2v) is 15.2. The molecule has 1 atom stereocenters. The fourth-order valence-electron chi connectivity index (χ4n) is 6.43. The molecule has 2 N–H and O–H groups in total. The van der Waals surface area contributed by atoms with E-state index in [1.165, 1.54) is 33.1 Å². The van der Waals surface area contributed by atoms with Crippen LogP contribution < -0.4 is 20.3 Å². The van der Waals surface area contributed by atoms with Gasteiger partial charge in [0.2, 0.25) is 11.8 Å². The lowest BCUT2D eigenvalue weighted by Gasteiger charge is -2.25. The highest BCUT2D eigenvalue weighted by Gasteiger charge is 2.27. The van der Waals surface area contributed by atoms with E-state index >= 15 is 0 Å². The fraction of sp³-hybridized carbons (Fsp3) is 0.359. The van der Waals surface area contributed by atoms with Crippen molar-refractivity contribution in [3.05, 3.63) is 80.8 Å². The highest BCUT2D eigenvalue weighted by molar-refractivity contribution is 6.39. The predicted molar refractivity (Wildman–Crippen MR) is 213 cm³/mol. The van der Waals surface area contributed by atoms with Crippen LogP contribution in [0.1, 0.15) is 39.2 Å². The second kappa shape index (κ2) is 16.7. The van der Waals surface area contributed by atoms with Crippen LogP contribution in [0.3, 0.4) is 0 Å². The summed E-state index contributed by atoms with van der Waals surface area (Å²) in [7, 11) is 4.43. The number of halogens is 2. The molecule has 18 heteroatoms. The molecule has 1 aromatic carbocycles. The quantitative estimate of drug-likeness (QED) is 0.145. The highest BCUT2D eigenvalue weighted by atomic mass is 35.5. The summed E-state index contributed by atoms with van der Waals surface area (Å²) >= 11 is 14.1. The van der Waals surface area contributed by atoms with Crippen LogP contribution in [-0.2, 0) is 22.6 Å². The van der Waals surface area contributed by atoms with Gasteiger partial charge in [0.25, 0.3) is 5.56 Å². The molecule has 1 saturated heterocycles. The van der Waals surface area contributed by atoms with Gasteiger partial charge >= 0.3 is 18.2 Å². The number of aromatic nitrogens is 5. The molecule has 1 aliphatic heterocycles. The molecule has 0 bridgehead atoms. The van der Waals surface area contributed by atoms with E-state index < -0.39 is 23.3 Å². The summed E-state index contributed by atoms with van der Waals surface area (Å²) in [5.74, 6) is 0.124. The van der Waals surface area contributed by atoms with E-state index in [2.05, 4.69) is 20.4 Å². The largest absolute Gasteiger partial charge is 0.481 e. The summed E-state index contributed by atoms with van der Waals surface area (Å²) in [6.45, 7) is 5.70. The number of carbonyl (C=O) groups is 3. The second-order valence-electron chi connectivity index (χ2n) is 14.4. The van der Waals surface area contributed by atoms with Crippen LogP contribution in [0.4, 0.5) is 9.59 Å². The van der Waals surface area contributed by atoms with Crippen LogP contribution in [0.2, 0.25) is 10.0 Å². The molecule has 0 unspecified atom stereocenters. The Kier molecular flexibility index (Phi) is 11.9. The number of hydrogen-bond acceptors (Lipinski definition) is 10. The van der Waals surface area contributed by atoms with E-state index in [-0.39, 0.29) is 60.6 Å². The minimum Gasteiger partial charge on any atom is -0.481 e. The molecule has 0 saturated carbocycles. The van der Waals surface area contributed by atoms with Gasteiger partial charge in [-0.3, -0.25) is 19.1 Å².